The molecule has 0 saturated carbocycles. The molecule has 0 unspecified atom stereocenters. The quantitative estimate of drug-likeness (QED) is 0.824. The first-order valence-corrected chi connectivity index (χ1v) is 6.36. The van der Waals surface area contributed by atoms with Crippen LogP contribution in [0.25, 0.3) is 0 Å². The zero-order chi connectivity index (χ0) is 16.4. The number of aromatic carboxylic acids is 1. The summed E-state index contributed by atoms with van der Waals surface area (Å²) in [4.78, 5) is 35.4. The summed E-state index contributed by atoms with van der Waals surface area (Å²) in [6, 6.07) is 3.31. The molecule has 1 amide bonds. The van der Waals surface area contributed by atoms with Crippen molar-refractivity contribution in [2.45, 2.75) is 33.2 Å². The SMILES string of the molecule is COC(=O)C(C)(C)NC(=O)c1c(C)ccc(C)c1C(=O)O. The molecule has 1 aromatic carbocycles. The van der Waals surface area contributed by atoms with E-state index in [9.17, 15) is 19.5 Å². The molecule has 0 radical (unpaired) electrons. The van der Waals surface area contributed by atoms with Gasteiger partial charge in [-0.05, 0) is 38.8 Å². The Morgan fingerprint density at radius 3 is 2.00 bits per heavy atom. The largest absolute Gasteiger partial charge is 0.478 e. The van der Waals surface area contributed by atoms with E-state index in [1.807, 2.05) is 0 Å². The van der Waals surface area contributed by atoms with Crippen molar-refractivity contribution in [2.75, 3.05) is 7.11 Å². The van der Waals surface area contributed by atoms with Gasteiger partial charge in [0.15, 0.2) is 0 Å². The summed E-state index contributed by atoms with van der Waals surface area (Å²) >= 11 is 0. The zero-order valence-corrected chi connectivity index (χ0v) is 12.7. The lowest BCUT2D eigenvalue weighted by Crippen LogP contribution is -2.50. The zero-order valence-electron chi connectivity index (χ0n) is 12.7. The first-order valence-electron chi connectivity index (χ1n) is 6.36. The van der Waals surface area contributed by atoms with Crippen molar-refractivity contribution in [1.82, 2.24) is 5.32 Å². The molecular formula is C15H19NO5. The van der Waals surface area contributed by atoms with Gasteiger partial charge in [-0.2, -0.15) is 0 Å². The second kappa shape index (κ2) is 5.95. The molecule has 6 nitrogen and oxygen atoms in total. The van der Waals surface area contributed by atoms with Gasteiger partial charge in [-0.3, -0.25) is 4.79 Å². The van der Waals surface area contributed by atoms with E-state index in [-0.39, 0.29) is 11.1 Å². The van der Waals surface area contributed by atoms with E-state index in [2.05, 4.69) is 10.1 Å². The smallest absolute Gasteiger partial charge is 0.336 e. The minimum Gasteiger partial charge on any atom is -0.478 e. The van der Waals surface area contributed by atoms with Gasteiger partial charge in [-0.25, -0.2) is 9.59 Å². The summed E-state index contributed by atoms with van der Waals surface area (Å²) in [5.74, 6) is -2.42. The third-order valence-corrected chi connectivity index (χ3v) is 3.18. The molecule has 0 atom stereocenters. The highest BCUT2D eigenvalue weighted by atomic mass is 16.5. The molecule has 21 heavy (non-hydrogen) atoms. The number of carboxylic acids is 1. The van der Waals surface area contributed by atoms with Crippen LogP contribution in [0.2, 0.25) is 0 Å². The van der Waals surface area contributed by atoms with E-state index in [1.165, 1.54) is 21.0 Å². The first kappa shape index (κ1) is 16.7. The standard InChI is InChI=1S/C15H19NO5/c1-8-6-7-9(2)11(13(18)19)10(8)12(17)16-15(3,4)14(20)21-5/h6-7H,1-5H3,(H,16,17)(H,18,19). The Morgan fingerprint density at radius 2 is 1.57 bits per heavy atom. The number of carbonyl (C=O) groups is 3. The normalized spacial score (nSPS) is 10.9. The fraction of sp³-hybridized carbons (Fsp3) is 0.400. The number of aryl methyl sites for hydroxylation is 2. The maximum atomic E-state index is 12.4. The number of carboxylic acid groups (broad SMARTS) is 1. The van der Waals surface area contributed by atoms with Crippen LogP contribution in [0.15, 0.2) is 12.1 Å². The lowest BCUT2D eigenvalue weighted by atomic mass is 9.95. The maximum Gasteiger partial charge on any atom is 0.336 e. The van der Waals surface area contributed by atoms with E-state index >= 15 is 0 Å². The van der Waals surface area contributed by atoms with Gasteiger partial charge in [0.1, 0.15) is 5.54 Å². The van der Waals surface area contributed by atoms with E-state index in [1.54, 1.807) is 26.0 Å². The van der Waals surface area contributed by atoms with Crippen LogP contribution in [0, 0.1) is 13.8 Å². The summed E-state index contributed by atoms with van der Waals surface area (Å²) in [6.45, 7) is 6.24. The molecule has 0 aliphatic rings. The minimum absolute atomic E-state index is 0.0551. The topological polar surface area (TPSA) is 92.7 Å². The van der Waals surface area contributed by atoms with Crippen molar-refractivity contribution in [3.8, 4) is 0 Å². The van der Waals surface area contributed by atoms with E-state index in [0.717, 1.165) is 0 Å². The van der Waals surface area contributed by atoms with E-state index < -0.39 is 23.4 Å². The lowest BCUT2D eigenvalue weighted by Gasteiger charge is -2.24. The highest BCUT2D eigenvalue weighted by Crippen LogP contribution is 2.20. The van der Waals surface area contributed by atoms with Gasteiger partial charge in [0.2, 0.25) is 0 Å². The van der Waals surface area contributed by atoms with E-state index in [4.69, 9.17) is 0 Å². The van der Waals surface area contributed by atoms with Crippen LogP contribution >= 0.6 is 0 Å². The van der Waals surface area contributed by atoms with Gasteiger partial charge in [0.25, 0.3) is 5.91 Å². The van der Waals surface area contributed by atoms with Crippen molar-refractivity contribution in [3.05, 3.63) is 34.4 Å². The maximum absolute atomic E-state index is 12.4. The summed E-state index contributed by atoms with van der Waals surface area (Å²) in [6.07, 6.45) is 0. The second-order valence-electron chi connectivity index (χ2n) is 5.33. The number of esters is 1. The summed E-state index contributed by atoms with van der Waals surface area (Å²) in [5.41, 5.74) is -0.254. The van der Waals surface area contributed by atoms with Crippen LogP contribution < -0.4 is 5.32 Å². The molecule has 0 fully saturated rings. The van der Waals surface area contributed by atoms with Gasteiger partial charge >= 0.3 is 11.9 Å². The van der Waals surface area contributed by atoms with Crippen LogP contribution in [0.4, 0.5) is 0 Å². The Balaban J connectivity index is 3.29. The van der Waals surface area contributed by atoms with Gasteiger partial charge < -0.3 is 15.2 Å². The van der Waals surface area contributed by atoms with Gasteiger partial charge in [0.05, 0.1) is 18.2 Å². The molecule has 0 aliphatic carbocycles. The first-order chi connectivity index (χ1) is 9.61. The average Bonchev–Trinajstić information content (AvgIpc) is 2.38. The van der Waals surface area contributed by atoms with Crippen LogP contribution in [-0.4, -0.2) is 35.6 Å². The highest BCUT2D eigenvalue weighted by molar-refractivity contribution is 6.08. The van der Waals surface area contributed by atoms with Crippen LogP contribution in [-0.2, 0) is 9.53 Å². The molecule has 0 spiro atoms. The Kier molecular flexibility index (Phi) is 4.73. The fourth-order valence-electron chi connectivity index (χ4n) is 2.03. The highest BCUT2D eigenvalue weighted by Gasteiger charge is 2.32. The molecule has 1 aromatic rings. The molecule has 0 bridgehead atoms. The molecule has 0 saturated heterocycles. The van der Waals surface area contributed by atoms with Gasteiger partial charge in [-0.15, -0.1) is 0 Å². The number of amides is 1. The summed E-state index contributed by atoms with van der Waals surface area (Å²) < 4.78 is 4.61. The predicted octanol–water partition coefficient (Wildman–Crippen LogP) is 1.68. The third-order valence-electron chi connectivity index (χ3n) is 3.18. The van der Waals surface area contributed by atoms with Crippen molar-refractivity contribution in [3.63, 3.8) is 0 Å². The van der Waals surface area contributed by atoms with Crippen molar-refractivity contribution >= 4 is 17.8 Å². The minimum atomic E-state index is -1.25. The van der Waals surface area contributed by atoms with Crippen LogP contribution in [0.3, 0.4) is 0 Å². The third kappa shape index (κ3) is 3.39. The Bertz CT molecular complexity index is 604. The number of carbonyl (C=O) groups excluding carboxylic acids is 2. The lowest BCUT2D eigenvalue weighted by molar-refractivity contribution is -0.146. The van der Waals surface area contributed by atoms with E-state index in [0.29, 0.717) is 11.1 Å². The molecule has 0 aliphatic heterocycles. The molecule has 2 N–H and O–H groups in total. The van der Waals surface area contributed by atoms with Crippen molar-refractivity contribution < 1.29 is 24.2 Å². The molecular weight excluding hydrogens is 274 g/mol. The monoisotopic (exact) mass is 293 g/mol. The number of ether oxygens (including phenoxy) is 1. The number of benzene rings is 1. The average molecular weight is 293 g/mol. The Labute approximate surface area is 123 Å². The Morgan fingerprint density at radius 1 is 1.10 bits per heavy atom. The molecule has 0 heterocycles. The fourth-order valence-corrected chi connectivity index (χ4v) is 2.03. The number of hydrogen-bond donors (Lipinski definition) is 2. The summed E-state index contributed by atoms with van der Waals surface area (Å²) in [5, 5.41) is 11.8. The second-order valence-corrected chi connectivity index (χ2v) is 5.33. The number of hydrogen-bond acceptors (Lipinski definition) is 4. The summed E-state index contributed by atoms with van der Waals surface area (Å²) in [7, 11) is 1.22. The van der Waals surface area contributed by atoms with Crippen LogP contribution in [0.5, 0.6) is 0 Å². The van der Waals surface area contributed by atoms with Gasteiger partial charge in [0, 0.05) is 0 Å². The van der Waals surface area contributed by atoms with Crippen molar-refractivity contribution in [1.29, 1.82) is 0 Å². The van der Waals surface area contributed by atoms with Crippen LogP contribution in [0.1, 0.15) is 45.7 Å². The number of nitrogens with one attached hydrogen (secondary N) is 1. The molecule has 114 valence electrons. The number of methoxy groups -OCH3 is 1. The molecule has 6 heteroatoms. The number of rotatable bonds is 4. The molecule has 1 rings (SSSR count). The molecule has 0 aromatic heterocycles. The predicted molar refractivity (Wildman–Crippen MR) is 76.4 cm³/mol. The Hall–Kier alpha value is -2.37. The van der Waals surface area contributed by atoms with Gasteiger partial charge in [-0.1, -0.05) is 12.1 Å². The van der Waals surface area contributed by atoms with Crippen molar-refractivity contribution in [2.24, 2.45) is 0 Å².